The number of anilines is 1. The Kier molecular flexibility index (Phi) is 5.06. The third-order valence-corrected chi connectivity index (χ3v) is 3.68. The number of rotatable bonds is 6. The molecule has 0 bridgehead atoms. The number of hydrogen-bond donors (Lipinski definition) is 1. The lowest BCUT2D eigenvalue weighted by atomic mass is 10.0. The van der Waals surface area contributed by atoms with E-state index in [4.69, 9.17) is 0 Å². The number of benzene rings is 1. The van der Waals surface area contributed by atoms with Crippen LogP contribution in [0.2, 0.25) is 0 Å². The number of aromatic nitrogens is 1. The van der Waals surface area contributed by atoms with E-state index in [-0.39, 0.29) is 18.3 Å². The van der Waals surface area contributed by atoms with E-state index in [2.05, 4.69) is 4.98 Å². The van der Waals surface area contributed by atoms with E-state index < -0.39 is 4.92 Å². The summed E-state index contributed by atoms with van der Waals surface area (Å²) in [7, 11) is 1.88. The molecule has 0 spiro atoms. The first kappa shape index (κ1) is 15.9. The second-order valence-corrected chi connectivity index (χ2v) is 5.14. The van der Waals surface area contributed by atoms with Crippen LogP contribution in [0.1, 0.15) is 23.6 Å². The van der Waals surface area contributed by atoms with Crippen molar-refractivity contribution in [2.75, 3.05) is 18.6 Å². The normalized spacial score (nSPS) is 12.0. The number of hydrogen-bond acceptors (Lipinski definition) is 5. The molecule has 6 nitrogen and oxygen atoms in total. The maximum absolute atomic E-state index is 10.9. The van der Waals surface area contributed by atoms with Crippen molar-refractivity contribution in [2.45, 2.75) is 19.4 Å². The highest BCUT2D eigenvalue weighted by molar-refractivity contribution is 5.49. The predicted octanol–water partition coefficient (Wildman–Crippen LogP) is 2.86. The average molecular weight is 301 g/mol. The van der Waals surface area contributed by atoms with Crippen LogP contribution in [0, 0.1) is 17.0 Å². The van der Waals surface area contributed by atoms with Crippen LogP contribution in [0.25, 0.3) is 0 Å². The Balaban J connectivity index is 2.33. The van der Waals surface area contributed by atoms with Crippen molar-refractivity contribution in [3.63, 3.8) is 0 Å². The Morgan fingerprint density at radius 1 is 1.36 bits per heavy atom. The number of nitrogens with zero attached hydrogens (tertiary/aromatic N) is 3. The third kappa shape index (κ3) is 3.40. The van der Waals surface area contributed by atoms with Gasteiger partial charge in [-0.25, -0.2) is 4.98 Å². The highest BCUT2D eigenvalue weighted by atomic mass is 16.6. The zero-order valence-electron chi connectivity index (χ0n) is 12.6. The Labute approximate surface area is 129 Å². The van der Waals surface area contributed by atoms with E-state index in [1.165, 1.54) is 6.20 Å². The number of aryl methyl sites for hydroxylation is 1. The van der Waals surface area contributed by atoms with Crippen LogP contribution in [0.5, 0.6) is 0 Å². The molecule has 0 saturated carbocycles. The highest BCUT2D eigenvalue weighted by Gasteiger charge is 2.20. The molecule has 1 aromatic carbocycles. The Morgan fingerprint density at radius 2 is 2.05 bits per heavy atom. The van der Waals surface area contributed by atoms with Crippen molar-refractivity contribution < 1.29 is 10.0 Å². The summed E-state index contributed by atoms with van der Waals surface area (Å²) in [4.78, 5) is 16.6. The fourth-order valence-electron chi connectivity index (χ4n) is 2.46. The van der Waals surface area contributed by atoms with Crippen LogP contribution in [-0.2, 0) is 0 Å². The summed E-state index contributed by atoms with van der Waals surface area (Å²) >= 11 is 0. The lowest BCUT2D eigenvalue weighted by Gasteiger charge is -2.29. The minimum atomic E-state index is -0.436. The molecule has 0 radical (unpaired) electrons. The summed E-state index contributed by atoms with van der Waals surface area (Å²) in [5.74, 6) is 0.644. The van der Waals surface area contributed by atoms with Crippen LogP contribution >= 0.6 is 0 Å². The van der Waals surface area contributed by atoms with Crippen molar-refractivity contribution in [3.05, 3.63) is 63.8 Å². The molecule has 0 aliphatic heterocycles. The molecule has 1 N–H and O–H groups in total. The van der Waals surface area contributed by atoms with Gasteiger partial charge in [0.05, 0.1) is 11.0 Å². The van der Waals surface area contributed by atoms with Crippen LogP contribution in [-0.4, -0.2) is 28.7 Å². The monoisotopic (exact) mass is 301 g/mol. The van der Waals surface area contributed by atoms with Crippen LogP contribution in [0.4, 0.5) is 11.5 Å². The maximum Gasteiger partial charge on any atom is 0.290 e. The highest BCUT2D eigenvalue weighted by Crippen LogP contribution is 2.29. The summed E-state index contributed by atoms with van der Waals surface area (Å²) in [5, 5.41) is 20.2. The van der Waals surface area contributed by atoms with Gasteiger partial charge in [0.2, 0.25) is 0 Å². The van der Waals surface area contributed by atoms with Crippen LogP contribution in [0.3, 0.4) is 0 Å². The van der Waals surface area contributed by atoms with E-state index in [1.807, 2.05) is 42.3 Å². The molecule has 0 fully saturated rings. The van der Waals surface area contributed by atoms with Gasteiger partial charge in [0, 0.05) is 19.2 Å². The van der Waals surface area contributed by atoms with Gasteiger partial charge >= 0.3 is 0 Å². The fraction of sp³-hybridized carbons (Fsp3) is 0.312. The zero-order valence-corrected chi connectivity index (χ0v) is 12.6. The molecule has 22 heavy (non-hydrogen) atoms. The third-order valence-electron chi connectivity index (χ3n) is 3.68. The number of aliphatic hydroxyl groups excluding tert-OH is 1. The predicted molar refractivity (Wildman–Crippen MR) is 84.9 cm³/mol. The van der Waals surface area contributed by atoms with Gasteiger partial charge in [0.15, 0.2) is 0 Å². The van der Waals surface area contributed by atoms with Gasteiger partial charge in [-0.15, -0.1) is 0 Å². The van der Waals surface area contributed by atoms with Crippen molar-refractivity contribution in [1.29, 1.82) is 0 Å². The first-order valence-electron chi connectivity index (χ1n) is 7.04. The Morgan fingerprint density at radius 3 is 2.59 bits per heavy atom. The number of nitro groups is 1. The average Bonchev–Trinajstić information content (AvgIpc) is 2.52. The van der Waals surface area contributed by atoms with Crippen molar-refractivity contribution in [1.82, 2.24) is 4.98 Å². The van der Waals surface area contributed by atoms with Gasteiger partial charge in [-0.3, -0.25) is 10.1 Å². The van der Waals surface area contributed by atoms with Gasteiger partial charge in [-0.1, -0.05) is 30.3 Å². The summed E-state index contributed by atoms with van der Waals surface area (Å²) in [5.41, 5.74) is 1.64. The SMILES string of the molecule is Cc1cc(N(C)[C@H](CCO)c2ccccc2)ncc1[N+](=O)[O-]. The smallest absolute Gasteiger partial charge is 0.290 e. The standard InChI is InChI=1S/C16H19N3O3/c1-12-10-16(17-11-15(12)19(21)22)18(2)14(8-9-20)13-6-4-3-5-7-13/h3-7,10-11,14,20H,8-9H2,1-2H3/t14-/m1/s1. The van der Waals surface area contributed by atoms with Gasteiger partial charge in [-0.05, 0) is 25.0 Å². The first-order valence-corrected chi connectivity index (χ1v) is 7.04. The molecule has 2 rings (SSSR count). The topological polar surface area (TPSA) is 79.5 Å². The molecular formula is C16H19N3O3. The zero-order chi connectivity index (χ0) is 16.1. The summed E-state index contributed by atoms with van der Waals surface area (Å²) in [6.45, 7) is 1.75. The molecule has 2 aromatic rings. The Bertz CT molecular complexity index is 646. The van der Waals surface area contributed by atoms with Gasteiger partial charge in [0.25, 0.3) is 5.69 Å². The van der Waals surface area contributed by atoms with E-state index in [9.17, 15) is 15.2 Å². The van der Waals surface area contributed by atoms with Gasteiger partial charge < -0.3 is 10.0 Å². The minimum absolute atomic E-state index is 0.00979. The van der Waals surface area contributed by atoms with E-state index >= 15 is 0 Å². The molecule has 0 unspecified atom stereocenters. The molecule has 1 aromatic heterocycles. The van der Waals surface area contributed by atoms with Crippen molar-refractivity contribution >= 4 is 11.5 Å². The lowest BCUT2D eigenvalue weighted by molar-refractivity contribution is -0.385. The van der Waals surface area contributed by atoms with Crippen molar-refractivity contribution in [2.24, 2.45) is 0 Å². The summed E-state index contributed by atoms with van der Waals surface area (Å²) < 4.78 is 0. The minimum Gasteiger partial charge on any atom is -0.396 e. The molecule has 6 heteroatoms. The quantitative estimate of drug-likeness (QED) is 0.655. The van der Waals surface area contributed by atoms with Crippen LogP contribution < -0.4 is 4.90 Å². The van der Waals surface area contributed by atoms with Gasteiger partial charge in [0.1, 0.15) is 12.0 Å². The second-order valence-electron chi connectivity index (χ2n) is 5.14. The largest absolute Gasteiger partial charge is 0.396 e. The molecule has 116 valence electrons. The van der Waals surface area contributed by atoms with Crippen LogP contribution in [0.15, 0.2) is 42.6 Å². The lowest BCUT2D eigenvalue weighted by Crippen LogP contribution is -2.26. The maximum atomic E-state index is 10.9. The fourth-order valence-corrected chi connectivity index (χ4v) is 2.46. The van der Waals surface area contributed by atoms with Crippen molar-refractivity contribution in [3.8, 4) is 0 Å². The Hall–Kier alpha value is -2.47. The number of aliphatic hydroxyl groups is 1. The van der Waals surface area contributed by atoms with E-state index in [0.29, 0.717) is 17.8 Å². The second kappa shape index (κ2) is 7.00. The molecule has 0 saturated heterocycles. The number of pyridine rings is 1. The van der Waals surface area contributed by atoms with E-state index in [1.54, 1.807) is 13.0 Å². The molecule has 0 amide bonds. The molecular weight excluding hydrogens is 282 g/mol. The summed E-state index contributed by atoms with van der Waals surface area (Å²) in [6, 6.07) is 11.5. The van der Waals surface area contributed by atoms with E-state index in [0.717, 1.165) is 5.56 Å². The first-order chi connectivity index (χ1) is 10.5. The molecule has 1 heterocycles. The molecule has 0 aliphatic rings. The summed E-state index contributed by atoms with van der Waals surface area (Å²) in [6.07, 6.45) is 1.83. The van der Waals surface area contributed by atoms with Gasteiger partial charge in [-0.2, -0.15) is 0 Å². The molecule has 0 aliphatic carbocycles. The molecule has 1 atom stereocenters.